The number of halogens is 1. The maximum absolute atomic E-state index is 4.52. The van der Waals surface area contributed by atoms with Crippen LogP contribution in [0.3, 0.4) is 0 Å². The van der Waals surface area contributed by atoms with Crippen molar-refractivity contribution < 1.29 is 0 Å². The molecule has 0 saturated heterocycles. The number of nitrogens with one attached hydrogen (secondary N) is 2. The van der Waals surface area contributed by atoms with E-state index in [0.717, 1.165) is 42.3 Å². The van der Waals surface area contributed by atoms with E-state index in [1.54, 1.807) is 0 Å². The molecule has 28 heavy (non-hydrogen) atoms. The molecule has 1 heterocycles. The van der Waals surface area contributed by atoms with Gasteiger partial charge < -0.3 is 5.32 Å². The molecule has 4 nitrogen and oxygen atoms in total. The van der Waals surface area contributed by atoms with Gasteiger partial charge in [-0.15, -0.1) is 12.4 Å². The summed E-state index contributed by atoms with van der Waals surface area (Å²) in [5.74, 6) is 0.728. The summed E-state index contributed by atoms with van der Waals surface area (Å²) in [5, 5.41) is 7.74. The number of rotatable bonds is 5. The Labute approximate surface area is 173 Å². The Morgan fingerprint density at radius 1 is 1.00 bits per heavy atom. The maximum Gasteiger partial charge on any atom is 0.212 e. The van der Waals surface area contributed by atoms with Crippen LogP contribution in [0.1, 0.15) is 28.7 Å². The molecule has 146 valence electrons. The second-order valence-corrected chi connectivity index (χ2v) is 6.65. The highest BCUT2D eigenvalue weighted by atomic mass is 35.5. The van der Waals surface area contributed by atoms with Gasteiger partial charge in [0.2, 0.25) is 5.96 Å². The van der Waals surface area contributed by atoms with Crippen LogP contribution in [0, 0.1) is 13.8 Å². The van der Waals surface area contributed by atoms with E-state index in [1.165, 1.54) is 11.1 Å². The van der Waals surface area contributed by atoms with Gasteiger partial charge in [-0.25, -0.2) is 5.43 Å². The monoisotopic (exact) mass is 394 g/mol. The van der Waals surface area contributed by atoms with E-state index in [4.69, 9.17) is 0 Å². The Bertz CT molecular complexity index is 839. The molecule has 0 spiro atoms. The van der Waals surface area contributed by atoms with Crippen molar-refractivity contribution in [2.24, 2.45) is 10.1 Å². The summed E-state index contributed by atoms with van der Waals surface area (Å²) in [7, 11) is 0. The standard InChI is InChI=1S/C23H26N4.ClH/c1-18-6-3-8-20(16-18)10-12-22(26-27-23-24-14-5-15-25-23)13-11-21-9-4-7-19(2)17-21;/h3-4,6-13,16-17H,5,14-15H2,1-2H3,(H2,24,25,27);1H. The number of guanidine groups is 1. The smallest absolute Gasteiger partial charge is 0.212 e. The first-order valence-corrected chi connectivity index (χ1v) is 9.30. The van der Waals surface area contributed by atoms with Gasteiger partial charge in [0.1, 0.15) is 0 Å². The lowest BCUT2D eigenvalue weighted by atomic mass is 10.1. The van der Waals surface area contributed by atoms with Gasteiger partial charge in [0, 0.05) is 13.1 Å². The van der Waals surface area contributed by atoms with Crippen molar-refractivity contribution in [2.45, 2.75) is 20.3 Å². The van der Waals surface area contributed by atoms with Crippen molar-refractivity contribution in [1.82, 2.24) is 10.7 Å². The molecule has 0 atom stereocenters. The Morgan fingerprint density at radius 3 is 2.11 bits per heavy atom. The van der Waals surface area contributed by atoms with E-state index in [2.05, 4.69) is 95.4 Å². The van der Waals surface area contributed by atoms with Gasteiger partial charge in [0.15, 0.2) is 0 Å². The van der Waals surface area contributed by atoms with Gasteiger partial charge in [0.25, 0.3) is 0 Å². The zero-order valence-corrected chi connectivity index (χ0v) is 17.2. The fourth-order valence-corrected chi connectivity index (χ4v) is 2.77. The first kappa shape index (κ1) is 21.5. The molecule has 5 heteroatoms. The van der Waals surface area contributed by atoms with Crippen LogP contribution < -0.4 is 10.7 Å². The summed E-state index contributed by atoms with van der Waals surface area (Å²) in [4.78, 5) is 4.40. The third-order valence-corrected chi connectivity index (χ3v) is 4.17. The predicted octanol–water partition coefficient (Wildman–Crippen LogP) is 4.75. The van der Waals surface area contributed by atoms with Crippen molar-refractivity contribution in [3.05, 3.63) is 82.9 Å². The second kappa shape index (κ2) is 11.1. The summed E-state index contributed by atoms with van der Waals surface area (Å²) in [6.45, 7) is 5.95. The number of hydrogen-bond acceptors (Lipinski definition) is 4. The minimum Gasteiger partial charge on any atom is -0.355 e. The van der Waals surface area contributed by atoms with Crippen molar-refractivity contribution >= 4 is 36.2 Å². The largest absolute Gasteiger partial charge is 0.355 e. The fourth-order valence-electron chi connectivity index (χ4n) is 2.77. The van der Waals surface area contributed by atoms with Crippen LogP contribution in [0.2, 0.25) is 0 Å². The molecule has 3 rings (SSSR count). The molecule has 0 fully saturated rings. The summed E-state index contributed by atoms with van der Waals surface area (Å²) >= 11 is 0. The molecule has 0 radical (unpaired) electrons. The molecule has 0 saturated carbocycles. The second-order valence-electron chi connectivity index (χ2n) is 6.65. The number of aryl methyl sites for hydroxylation is 2. The summed E-state index contributed by atoms with van der Waals surface area (Å²) in [5.41, 5.74) is 8.65. The zero-order valence-electron chi connectivity index (χ0n) is 16.4. The summed E-state index contributed by atoms with van der Waals surface area (Å²) < 4.78 is 0. The molecule has 0 amide bonds. The highest BCUT2D eigenvalue weighted by Gasteiger charge is 2.02. The number of allylic oxidation sites excluding steroid dienone is 2. The van der Waals surface area contributed by atoms with E-state index in [-0.39, 0.29) is 12.4 Å². The molecule has 2 N–H and O–H groups in total. The van der Waals surface area contributed by atoms with E-state index in [0.29, 0.717) is 0 Å². The van der Waals surface area contributed by atoms with Gasteiger partial charge in [-0.2, -0.15) is 5.10 Å². The summed E-state index contributed by atoms with van der Waals surface area (Å²) in [6.07, 6.45) is 9.23. The molecule has 0 unspecified atom stereocenters. The van der Waals surface area contributed by atoms with Crippen molar-refractivity contribution in [1.29, 1.82) is 0 Å². The lowest BCUT2D eigenvalue weighted by molar-refractivity contribution is 0.711. The lowest BCUT2D eigenvalue weighted by Gasteiger charge is -2.13. The first-order valence-electron chi connectivity index (χ1n) is 9.30. The van der Waals surface area contributed by atoms with Crippen LogP contribution >= 0.6 is 12.4 Å². The fraction of sp³-hybridized carbons (Fsp3) is 0.217. The van der Waals surface area contributed by atoms with E-state index in [9.17, 15) is 0 Å². The normalized spacial score (nSPS) is 13.6. The average Bonchev–Trinajstić information content (AvgIpc) is 2.68. The molecular weight excluding hydrogens is 368 g/mol. The topological polar surface area (TPSA) is 48.8 Å². The number of benzene rings is 2. The zero-order chi connectivity index (χ0) is 18.9. The average molecular weight is 395 g/mol. The van der Waals surface area contributed by atoms with Gasteiger partial charge >= 0.3 is 0 Å². The van der Waals surface area contributed by atoms with Crippen LogP contribution in [0.4, 0.5) is 0 Å². The molecule has 2 aromatic carbocycles. The van der Waals surface area contributed by atoms with Crippen LogP contribution in [0.15, 0.2) is 70.8 Å². The van der Waals surface area contributed by atoms with E-state index >= 15 is 0 Å². The molecule has 2 aromatic rings. The highest BCUT2D eigenvalue weighted by molar-refractivity contribution is 6.09. The van der Waals surface area contributed by atoms with Crippen LogP contribution in [0.5, 0.6) is 0 Å². The van der Waals surface area contributed by atoms with Crippen molar-refractivity contribution in [3.63, 3.8) is 0 Å². The highest BCUT2D eigenvalue weighted by Crippen LogP contribution is 2.08. The van der Waals surface area contributed by atoms with Crippen LogP contribution in [0.25, 0.3) is 12.2 Å². The Morgan fingerprint density at radius 2 is 1.61 bits per heavy atom. The third-order valence-electron chi connectivity index (χ3n) is 4.17. The Kier molecular flexibility index (Phi) is 8.50. The van der Waals surface area contributed by atoms with Gasteiger partial charge in [-0.3, -0.25) is 4.99 Å². The van der Waals surface area contributed by atoms with Crippen LogP contribution in [-0.4, -0.2) is 24.8 Å². The van der Waals surface area contributed by atoms with Crippen LogP contribution in [-0.2, 0) is 0 Å². The van der Waals surface area contributed by atoms with Gasteiger partial charge in [0.05, 0.1) is 5.71 Å². The third kappa shape index (κ3) is 7.05. The number of nitrogens with zero attached hydrogens (tertiary/aromatic N) is 2. The molecule has 1 aliphatic rings. The minimum absolute atomic E-state index is 0. The molecule has 0 aliphatic carbocycles. The summed E-state index contributed by atoms with van der Waals surface area (Å²) in [6, 6.07) is 16.8. The lowest BCUT2D eigenvalue weighted by Crippen LogP contribution is -2.38. The quantitative estimate of drug-likeness (QED) is 0.568. The number of hydrazone groups is 1. The van der Waals surface area contributed by atoms with E-state index in [1.807, 2.05) is 12.2 Å². The Balaban J connectivity index is 0.00000280. The molecule has 0 bridgehead atoms. The number of hydrogen-bond donors (Lipinski definition) is 2. The predicted molar refractivity (Wildman–Crippen MR) is 123 cm³/mol. The molecule has 1 aliphatic heterocycles. The Hall–Kier alpha value is -2.85. The minimum atomic E-state index is 0. The SMILES string of the molecule is Cc1cccc(C=CC(C=Cc2cccc(C)c2)=NNC2=NCCCN2)c1.Cl. The van der Waals surface area contributed by atoms with Crippen molar-refractivity contribution in [2.75, 3.05) is 13.1 Å². The van der Waals surface area contributed by atoms with Crippen molar-refractivity contribution in [3.8, 4) is 0 Å². The maximum atomic E-state index is 4.52. The van der Waals surface area contributed by atoms with E-state index < -0.39 is 0 Å². The number of aliphatic imine (C=N–C) groups is 1. The first-order chi connectivity index (χ1) is 13.2. The molecular formula is C23H27ClN4. The van der Waals surface area contributed by atoms with Gasteiger partial charge in [-0.1, -0.05) is 71.8 Å². The molecule has 0 aromatic heterocycles. The van der Waals surface area contributed by atoms with Gasteiger partial charge in [-0.05, 0) is 43.5 Å².